The molecular weight excluding hydrogens is 378 g/mol. The van der Waals surface area contributed by atoms with Crippen LogP contribution in [0.1, 0.15) is 24.4 Å². The van der Waals surface area contributed by atoms with Crippen molar-refractivity contribution in [3.63, 3.8) is 0 Å². The molecule has 0 saturated carbocycles. The van der Waals surface area contributed by atoms with E-state index in [1.165, 1.54) is 0 Å². The SMILES string of the molecule is C[C@H](NCc1nc2cc(Cl)ccc2c(=O)[nH]1)c1ccccc1Br. The highest BCUT2D eigenvalue weighted by Gasteiger charge is 2.10. The van der Waals surface area contributed by atoms with Gasteiger partial charge >= 0.3 is 0 Å². The molecule has 23 heavy (non-hydrogen) atoms. The molecule has 0 spiro atoms. The number of fused-ring (bicyclic) bond motifs is 1. The van der Waals surface area contributed by atoms with Crippen LogP contribution in [0.3, 0.4) is 0 Å². The molecule has 0 fully saturated rings. The number of benzene rings is 2. The quantitative estimate of drug-likeness (QED) is 0.700. The van der Waals surface area contributed by atoms with Crippen molar-refractivity contribution in [1.82, 2.24) is 15.3 Å². The first kappa shape index (κ1) is 16.2. The van der Waals surface area contributed by atoms with Crippen LogP contribution in [0.25, 0.3) is 10.9 Å². The third-order valence-electron chi connectivity index (χ3n) is 3.67. The van der Waals surface area contributed by atoms with E-state index in [1.54, 1.807) is 18.2 Å². The molecule has 2 aromatic carbocycles. The molecule has 0 aliphatic rings. The molecule has 1 heterocycles. The molecule has 3 aromatic rings. The van der Waals surface area contributed by atoms with Crippen LogP contribution in [0.2, 0.25) is 5.02 Å². The summed E-state index contributed by atoms with van der Waals surface area (Å²) >= 11 is 9.52. The Morgan fingerprint density at radius 1 is 1.30 bits per heavy atom. The zero-order chi connectivity index (χ0) is 16.4. The molecule has 3 rings (SSSR count). The van der Waals surface area contributed by atoms with Crippen LogP contribution in [-0.2, 0) is 6.54 Å². The Labute approximate surface area is 147 Å². The van der Waals surface area contributed by atoms with Crippen molar-refractivity contribution < 1.29 is 0 Å². The Balaban J connectivity index is 1.82. The highest BCUT2D eigenvalue weighted by molar-refractivity contribution is 9.10. The van der Waals surface area contributed by atoms with Crippen LogP contribution in [0.15, 0.2) is 51.7 Å². The third-order valence-corrected chi connectivity index (χ3v) is 4.62. The Bertz CT molecular complexity index is 910. The van der Waals surface area contributed by atoms with Crippen LogP contribution in [0.5, 0.6) is 0 Å². The summed E-state index contributed by atoms with van der Waals surface area (Å²) in [5.74, 6) is 0.587. The fourth-order valence-corrected chi connectivity index (χ4v) is 3.23. The van der Waals surface area contributed by atoms with Crippen molar-refractivity contribution in [3.05, 3.63) is 73.7 Å². The lowest BCUT2D eigenvalue weighted by Gasteiger charge is -2.15. The molecule has 0 radical (unpaired) electrons. The van der Waals surface area contributed by atoms with Gasteiger partial charge in [-0.2, -0.15) is 0 Å². The maximum atomic E-state index is 12.1. The number of nitrogens with zero attached hydrogens (tertiary/aromatic N) is 1. The van der Waals surface area contributed by atoms with E-state index in [1.807, 2.05) is 18.2 Å². The second-order valence-electron chi connectivity index (χ2n) is 5.30. The van der Waals surface area contributed by atoms with Crippen molar-refractivity contribution in [3.8, 4) is 0 Å². The molecule has 0 bridgehead atoms. The Kier molecular flexibility index (Phi) is 4.80. The minimum Gasteiger partial charge on any atom is -0.309 e. The first-order valence-corrected chi connectivity index (χ1v) is 8.38. The monoisotopic (exact) mass is 391 g/mol. The van der Waals surface area contributed by atoms with E-state index in [0.717, 1.165) is 10.0 Å². The maximum Gasteiger partial charge on any atom is 0.258 e. The normalized spacial score (nSPS) is 12.5. The predicted molar refractivity (Wildman–Crippen MR) is 96.8 cm³/mol. The number of halogens is 2. The van der Waals surface area contributed by atoms with Crippen LogP contribution >= 0.6 is 27.5 Å². The van der Waals surface area contributed by atoms with E-state index < -0.39 is 0 Å². The summed E-state index contributed by atoms with van der Waals surface area (Å²) in [6.07, 6.45) is 0. The number of nitrogens with one attached hydrogen (secondary N) is 2. The molecule has 1 aromatic heterocycles. The van der Waals surface area contributed by atoms with E-state index in [0.29, 0.717) is 28.3 Å². The van der Waals surface area contributed by atoms with Gasteiger partial charge in [-0.25, -0.2) is 4.98 Å². The van der Waals surface area contributed by atoms with Crippen LogP contribution in [-0.4, -0.2) is 9.97 Å². The molecular formula is C17H15BrClN3O. The summed E-state index contributed by atoms with van der Waals surface area (Å²) in [6, 6.07) is 13.2. The van der Waals surface area contributed by atoms with Crippen molar-refractivity contribution in [2.24, 2.45) is 0 Å². The largest absolute Gasteiger partial charge is 0.309 e. The van der Waals surface area contributed by atoms with E-state index in [-0.39, 0.29) is 11.6 Å². The maximum absolute atomic E-state index is 12.1. The van der Waals surface area contributed by atoms with Gasteiger partial charge in [-0.1, -0.05) is 45.7 Å². The standard InChI is InChI=1S/C17H15BrClN3O/c1-10(12-4-2-3-5-14(12)18)20-9-16-21-15-8-11(19)6-7-13(15)17(23)22-16/h2-8,10,20H,9H2,1H3,(H,21,22,23)/t10-/m0/s1. The van der Waals surface area contributed by atoms with E-state index in [4.69, 9.17) is 11.6 Å². The molecule has 0 aliphatic heterocycles. The molecule has 0 amide bonds. The lowest BCUT2D eigenvalue weighted by Crippen LogP contribution is -2.22. The minimum atomic E-state index is -0.156. The molecule has 1 atom stereocenters. The van der Waals surface area contributed by atoms with Gasteiger partial charge in [0.05, 0.1) is 17.4 Å². The lowest BCUT2D eigenvalue weighted by atomic mass is 10.1. The molecule has 6 heteroatoms. The molecule has 0 aliphatic carbocycles. The molecule has 0 unspecified atom stereocenters. The Morgan fingerprint density at radius 3 is 2.87 bits per heavy atom. The van der Waals surface area contributed by atoms with Crippen molar-refractivity contribution in [1.29, 1.82) is 0 Å². The number of H-pyrrole nitrogens is 1. The molecule has 2 N–H and O–H groups in total. The van der Waals surface area contributed by atoms with Gasteiger partial charge in [0.25, 0.3) is 5.56 Å². The summed E-state index contributed by atoms with van der Waals surface area (Å²) in [5.41, 5.74) is 1.60. The van der Waals surface area contributed by atoms with Crippen LogP contribution in [0, 0.1) is 0 Å². The first-order valence-electron chi connectivity index (χ1n) is 7.21. The number of hydrogen-bond donors (Lipinski definition) is 2. The topological polar surface area (TPSA) is 57.8 Å². The highest BCUT2D eigenvalue weighted by atomic mass is 79.9. The Morgan fingerprint density at radius 2 is 2.09 bits per heavy atom. The summed E-state index contributed by atoms with van der Waals surface area (Å²) in [5, 5.41) is 4.47. The van der Waals surface area contributed by atoms with Gasteiger partial charge in [0.15, 0.2) is 0 Å². The zero-order valence-electron chi connectivity index (χ0n) is 12.4. The minimum absolute atomic E-state index is 0.117. The predicted octanol–water partition coefficient (Wildman–Crippen LogP) is 4.19. The first-order chi connectivity index (χ1) is 11.0. The highest BCUT2D eigenvalue weighted by Crippen LogP contribution is 2.23. The van der Waals surface area contributed by atoms with Crippen molar-refractivity contribution >= 4 is 38.4 Å². The van der Waals surface area contributed by atoms with Crippen molar-refractivity contribution in [2.45, 2.75) is 19.5 Å². The van der Waals surface area contributed by atoms with Crippen LogP contribution < -0.4 is 10.9 Å². The van der Waals surface area contributed by atoms with Crippen LogP contribution in [0.4, 0.5) is 0 Å². The zero-order valence-corrected chi connectivity index (χ0v) is 14.8. The second-order valence-corrected chi connectivity index (χ2v) is 6.59. The lowest BCUT2D eigenvalue weighted by molar-refractivity contribution is 0.558. The van der Waals surface area contributed by atoms with E-state index >= 15 is 0 Å². The summed E-state index contributed by atoms with van der Waals surface area (Å²) < 4.78 is 1.05. The van der Waals surface area contributed by atoms with E-state index in [9.17, 15) is 4.79 Å². The van der Waals surface area contributed by atoms with Gasteiger partial charge in [-0.3, -0.25) is 4.79 Å². The smallest absolute Gasteiger partial charge is 0.258 e. The fourth-order valence-electron chi connectivity index (χ4n) is 2.43. The Hall–Kier alpha value is -1.69. The summed E-state index contributed by atoms with van der Waals surface area (Å²) in [6.45, 7) is 2.52. The van der Waals surface area contributed by atoms with Gasteiger partial charge in [0.2, 0.25) is 0 Å². The van der Waals surface area contributed by atoms with E-state index in [2.05, 4.69) is 44.2 Å². The van der Waals surface area contributed by atoms with Gasteiger partial charge in [-0.05, 0) is 36.8 Å². The summed E-state index contributed by atoms with van der Waals surface area (Å²) in [4.78, 5) is 19.4. The van der Waals surface area contributed by atoms with Crippen molar-refractivity contribution in [2.75, 3.05) is 0 Å². The third kappa shape index (κ3) is 3.63. The number of aromatic nitrogens is 2. The molecule has 0 saturated heterocycles. The average molecular weight is 393 g/mol. The summed E-state index contributed by atoms with van der Waals surface area (Å²) in [7, 11) is 0. The van der Waals surface area contributed by atoms with Gasteiger partial charge in [0.1, 0.15) is 5.82 Å². The van der Waals surface area contributed by atoms with Gasteiger partial charge in [-0.15, -0.1) is 0 Å². The molecule has 118 valence electrons. The number of hydrogen-bond acceptors (Lipinski definition) is 3. The fraction of sp³-hybridized carbons (Fsp3) is 0.176. The average Bonchev–Trinajstić information content (AvgIpc) is 2.52. The number of aromatic amines is 1. The van der Waals surface area contributed by atoms with Gasteiger partial charge < -0.3 is 10.3 Å². The second kappa shape index (κ2) is 6.83. The number of rotatable bonds is 4. The van der Waals surface area contributed by atoms with Gasteiger partial charge in [0, 0.05) is 15.5 Å². The molecule has 4 nitrogen and oxygen atoms in total.